The third-order valence-electron chi connectivity index (χ3n) is 4.37. The van der Waals surface area contributed by atoms with Crippen LogP contribution in [0.3, 0.4) is 0 Å². The number of methoxy groups -OCH3 is 3. The Morgan fingerprint density at radius 3 is 2.15 bits per heavy atom. The third-order valence-corrected chi connectivity index (χ3v) is 4.79. The summed E-state index contributed by atoms with van der Waals surface area (Å²) in [5.41, 5.74) is 4.43. The van der Waals surface area contributed by atoms with Crippen molar-refractivity contribution in [3.8, 4) is 34.1 Å². The predicted octanol–water partition coefficient (Wildman–Crippen LogP) is 3.64. The Balaban J connectivity index is 0.000000465. The molecule has 27 heavy (non-hydrogen) atoms. The number of ether oxygens (including phenoxy) is 3. The first-order valence-electron chi connectivity index (χ1n) is 8.65. The van der Waals surface area contributed by atoms with Crippen molar-refractivity contribution in [3.63, 3.8) is 0 Å². The number of rotatable bonds is 4. The van der Waals surface area contributed by atoms with E-state index in [4.69, 9.17) is 19.3 Å². The van der Waals surface area contributed by atoms with Crippen LogP contribution in [-0.2, 0) is 12.8 Å². The summed E-state index contributed by atoms with van der Waals surface area (Å²) in [6.45, 7) is 0. The molecule has 2 aromatic carbocycles. The first kappa shape index (κ1) is 21.2. The molecule has 6 nitrogen and oxygen atoms in total. The monoisotopic (exact) mass is 392 g/mol. The maximum atomic E-state index is 9.76. The molecule has 0 spiro atoms. The van der Waals surface area contributed by atoms with Crippen molar-refractivity contribution in [2.45, 2.75) is 19.3 Å². The largest absolute Gasteiger partial charge is 0.508 e. The highest BCUT2D eigenvalue weighted by atomic mass is 32.2. The highest BCUT2D eigenvalue weighted by molar-refractivity contribution is 7.94. The average molecular weight is 393 g/mol. The van der Waals surface area contributed by atoms with Crippen LogP contribution in [0.2, 0.25) is 0 Å². The number of phenolic OH excluding ortho intramolecular Hbond substituents is 1. The zero-order valence-electron chi connectivity index (χ0n) is 16.5. The van der Waals surface area contributed by atoms with Crippen molar-refractivity contribution >= 4 is 12.1 Å². The molecule has 0 bridgehead atoms. The second-order valence-corrected chi connectivity index (χ2v) is 7.23. The Kier molecular flexibility index (Phi) is 7.65. The van der Waals surface area contributed by atoms with Gasteiger partial charge in [0, 0.05) is 17.7 Å². The molecular formula is C20H28N2O4S. The highest BCUT2D eigenvalue weighted by Gasteiger charge is 2.25. The summed E-state index contributed by atoms with van der Waals surface area (Å²) in [7, 11) is 8.67. The van der Waals surface area contributed by atoms with E-state index in [1.165, 1.54) is 17.7 Å². The smallest absolute Gasteiger partial charge is 0.203 e. The topological polar surface area (TPSA) is 77.2 Å². The van der Waals surface area contributed by atoms with Crippen LogP contribution < -0.4 is 19.3 Å². The molecule has 148 valence electrons. The summed E-state index contributed by atoms with van der Waals surface area (Å²) in [5, 5.41) is 14.8. The van der Waals surface area contributed by atoms with Crippen LogP contribution in [-0.4, -0.2) is 44.8 Å². The number of nitrogens with zero attached hydrogens (tertiary/aromatic N) is 1. The molecule has 0 amide bonds. The van der Waals surface area contributed by atoms with Crippen LogP contribution >= 0.6 is 12.1 Å². The number of hydrogen-bond acceptors (Lipinski definition) is 7. The lowest BCUT2D eigenvalue weighted by atomic mass is 9.94. The van der Waals surface area contributed by atoms with Gasteiger partial charge in [0.05, 0.1) is 21.3 Å². The first-order valence-corrected chi connectivity index (χ1v) is 9.48. The van der Waals surface area contributed by atoms with Crippen molar-refractivity contribution in [1.82, 2.24) is 4.31 Å². The highest BCUT2D eigenvalue weighted by Crippen LogP contribution is 2.49. The minimum atomic E-state index is 0.293. The molecule has 0 aliphatic heterocycles. The number of phenols is 1. The van der Waals surface area contributed by atoms with Crippen LogP contribution in [0.25, 0.3) is 11.1 Å². The van der Waals surface area contributed by atoms with E-state index in [2.05, 4.69) is 0 Å². The fourth-order valence-electron chi connectivity index (χ4n) is 3.20. The maximum absolute atomic E-state index is 9.76. The molecule has 0 fully saturated rings. The van der Waals surface area contributed by atoms with E-state index >= 15 is 0 Å². The van der Waals surface area contributed by atoms with E-state index in [0.717, 1.165) is 36.0 Å². The van der Waals surface area contributed by atoms with Gasteiger partial charge in [-0.2, -0.15) is 0 Å². The molecule has 0 unspecified atom stereocenters. The van der Waals surface area contributed by atoms with E-state index in [1.807, 2.05) is 36.6 Å². The molecule has 0 atom stereocenters. The molecule has 3 rings (SSSR count). The van der Waals surface area contributed by atoms with Gasteiger partial charge in [-0.1, -0.05) is 6.07 Å². The van der Waals surface area contributed by atoms with E-state index in [1.54, 1.807) is 27.4 Å². The number of hydrogen-bond donors (Lipinski definition) is 2. The summed E-state index contributed by atoms with van der Waals surface area (Å²) >= 11 is 1.21. The van der Waals surface area contributed by atoms with Crippen LogP contribution in [0.5, 0.6) is 23.0 Å². The van der Waals surface area contributed by atoms with Crippen molar-refractivity contribution in [2.75, 3.05) is 35.4 Å². The fourth-order valence-corrected chi connectivity index (χ4v) is 3.20. The van der Waals surface area contributed by atoms with Crippen LogP contribution in [0.4, 0.5) is 0 Å². The average Bonchev–Trinajstić information content (AvgIpc) is 2.85. The van der Waals surface area contributed by atoms with Gasteiger partial charge in [0.2, 0.25) is 5.75 Å². The minimum absolute atomic E-state index is 0.293. The summed E-state index contributed by atoms with van der Waals surface area (Å²) in [5.74, 6) is 2.26. The van der Waals surface area contributed by atoms with E-state index in [9.17, 15) is 5.11 Å². The molecule has 0 saturated carbocycles. The SMILES string of the molecule is CN(C)SN.COc1cc2c(c(OC)c1OC)-c1ccc(O)cc1CCC2. The van der Waals surface area contributed by atoms with Gasteiger partial charge in [-0.25, -0.2) is 4.31 Å². The van der Waals surface area contributed by atoms with Gasteiger partial charge in [0.1, 0.15) is 5.75 Å². The van der Waals surface area contributed by atoms with Gasteiger partial charge in [-0.15, -0.1) is 0 Å². The Morgan fingerprint density at radius 2 is 1.59 bits per heavy atom. The molecule has 2 aromatic rings. The normalized spacial score (nSPS) is 12.3. The standard InChI is InChI=1S/C18H20O4.C2H8N2S/c1-20-15-10-12-6-4-5-11-9-13(19)7-8-14(11)16(12)18(22-3)17(15)21-2;1-4(2)5-3/h7-10,19H,4-6H2,1-3H3;3H2,1-2H3. The molecule has 7 heteroatoms. The number of benzene rings is 2. The van der Waals surface area contributed by atoms with Gasteiger partial charge in [0.25, 0.3) is 0 Å². The number of aryl methyl sites for hydroxylation is 2. The first-order chi connectivity index (χ1) is 13.0. The van der Waals surface area contributed by atoms with Crippen LogP contribution in [0.1, 0.15) is 17.5 Å². The van der Waals surface area contributed by atoms with E-state index < -0.39 is 0 Å². The molecule has 3 N–H and O–H groups in total. The lowest BCUT2D eigenvalue weighted by Gasteiger charge is -2.19. The molecular weight excluding hydrogens is 364 g/mol. The molecule has 0 radical (unpaired) electrons. The van der Waals surface area contributed by atoms with Gasteiger partial charge in [0.15, 0.2) is 11.5 Å². The van der Waals surface area contributed by atoms with Gasteiger partial charge in [-0.3, -0.25) is 5.14 Å². The van der Waals surface area contributed by atoms with Crippen molar-refractivity contribution in [2.24, 2.45) is 5.14 Å². The lowest BCUT2D eigenvalue weighted by Crippen LogP contribution is -2.02. The molecule has 1 aliphatic rings. The summed E-state index contributed by atoms with van der Waals surface area (Å²) in [4.78, 5) is 0. The van der Waals surface area contributed by atoms with Crippen LogP contribution in [0.15, 0.2) is 24.3 Å². The Labute approximate surface area is 165 Å². The third kappa shape index (κ3) is 4.80. The number of fused-ring (bicyclic) bond motifs is 3. The second-order valence-electron chi connectivity index (χ2n) is 6.29. The molecule has 0 aromatic heterocycles. The van der Waals surface area contributed by atoms with Gasteiger partial charge in [-0.05, 0) is 68.2 Å². The maximum Gasteiger partial charge on any atom is 0.203 e. The Bertz CT molecular complexity index is 781. The zero-order valence-corrected chi connectivity index (χ0v) is 17.4. The van der Waals surface area contributed by atoms with Crippen molar-refractivity contribution in [1.29, 1.82) is 0 Å². The Hall–Kier alpha value is -2.09. The molecule has 0 saturated heterocycles. The predicted molar refractivity (Wildman–Crippen MR) is 111 cm³/mol. The zero-order chi connectivity index (χ0) is 20.0. The quantitative estimate of drug-likeness (QED) is 0.769. The minimum Gasteiger partial charge on any atom is -0.508 e. The molecule has 0 heterocycles. The van der Waals surface area contributed by atoms with Gasteiger partial charge < -0.3 is 19.3 Å². The summed E-state index contributed by atoms with van der Waals surface area (Å²) in [6, 6.07) is 7.52. The number of aromatic hydroxyl groups is 1. The van der Waals surface area contributed by atoms with Crippen molar-refractivity contribution < 1.29 is 19.3 Å². The van der Waals surface area contributed by atoms with Crippen LogP contribution in [0, 0.1) is 0 Å². The fraction of sp³-hybridized carbons (Fsp3) is 0.400. The second kappa shape index (κ2) is 9.73. The van der Waals surface area contributed by atoms with E-state index in [0.29, 0.717) is 23.0 Å². The number of nitrogens with two attached hydrogens (primary N) is 1. The lowest BCUT2D eigenvalue weighted by molar-refractivity contribution is 0.324. The summed E-state index contributed by atoms with van der Waals surface area (Å²) < 4.78 is 18.4. The summed E-state index contributed by atoms with van der Waals surface area (Å²) in [6.07, 6.45) is 2.87. The van der Waals surface area contributed by atoms with Gasteiger partial charge >= 0.3 is 0 Å². The van der Waals surface area contributed by atoms with Crippen molar-refractivity contribution in [3.05, 3.63) is 35.4 Å². The Morgan fingerprint density at radius 1 is 0.963 bits per heavy atom. The van der Waals surface area contributed by atoms with E-state index in [-0.39, 0.29) is 0 Å². The molecule has 1 aliphatic carbocycles.